The van der Waals surface area contributed by atoms with Crippen molar-refractivity contribution in [3.63, 3.8) is 0 Å². The molecule has 2 bridgehead atoms. The maximum Gasteiger partial charge on any atom is 0.223 e. The minimum Gasteiger partial charge on any atom is -0.352 e. The lowest BCUT2D eigenvalue weighted by atomic mass is 9.93. The quantitative estimate of drug-likeness (QED) is 0.876. The molecule has 2 heterocycles. The van der Waals surface area contributed by atoms with E-state index in [9.17, 15) is 4.79 Å². The highest BCUT2D eigenvalue weighted by Gasteiger charge is 2.39. The van der Waals surface area contributed by atoms with Crippen LogP contribution in [-0.2, 0) is 11.3 Å². The second kappa shape index (κ2) is 5.69. The van der Waals surface area contributed by atoms with E-state index in [1.54, 1.807) is 17.5 Å². The Kier molecular flexibility index (Phi) is 3.54. The van der Waals surface area contributed by atoms with Gasteiger partial charge in [0.2, 0.25) is 5.91 Å². The lowest BCUT2D eigenvalue weighted by Gasteiger charge is -2.18. The number of hydrogen-bond acceptors (Lipinski definition) is 3. The van der Waals surface area contributed by atoms with Crippen LogP contribution < -0.4 is 5.32 Å². The van der Waals surface area contributed by atoms with Gasteiger partial charge in [-0.15, -0.1) is 0 Å². The fourth-order valence-corrected chi connectivity index (χ4v) is 4.28. The lowest BCUT2D eigenvalue weighted by molar-refractivity contribution is -0.125. The second-order valence-electron chi connectivity index (χ2n) is 6.13. The van der Waals surface area contributed by atoms with E-state index in [0.717, 1.165) is 29.7 Å². The van der Waals surface area contributed by atoms with Gasteiger partial charge < -0.3 is 5.32 Å². The van der Waals surface area contributed by atoms with Crippen LogP contribution in [0.5, 0.6) is 0 Å². The SMILES string of the molecule is O=C(NCc1cccnc1-c1ccsc1)C1CC2C=CC1C2. The third-order valence-electron chi connectivity index (χ3n) is 4.75. The molecule has 2 aliphatic rings. The molecule has 4 heteroatoms. The number of hydrogen-bond donors (Lipinski definition) is 1. The van der Waals surface area contributed by atoms with Crippen LogP contribution in [-0.4, -0.2) is 10.9 Å². The van der Waals surface area contributed by atoms with Crippen molar-refractivity contribution in [3.8, 4) is 11.3 Å². The topological polar surface area (TPSA) is 42.0 Å². The third kappa shape index (κ3) is 2.48. The monoisotopic (exact) mass is 310 g/mol. The fourth-order valence-electron chi connectivity index (χ4n) is 3.64. The molecule has 1 saturated carbocycles. The summed E-state index contributed by atoms with van der Waals surface area (Å²) in [7, 11) is 0. The Morgan fingerprint density at radius 3 is 3.00 bits per heavy atom. The van der Waals surface area contributed by atoms with Gasteiger partial charge in [0.25, 0.3) is 0 Å². The Labute approximate surface area is 134 Å². The highest BCUT2D eigenvalue weighted by Crippen LogP contribution is 2.43. The van der Waals surface area contributed by atoms with Crippen molar-refractivity contribution in [3.05, 3.63) is 52.9 Å². The molecular formula is C18H18N2OS. The molecule has 1 fully saturated rings. The van der Waals surface area contributed by atoms with Crippen molar-refractivity contribution in [2.24, 2.45) is 17.8 Å². The highest BCUT2D eigenvalue weighted by atomic mass is 32.1. The van der Waals surface area contributed by atoms with Gasteiger partial charge in [-0.05, 0) is 47.8 Å². The summed E-state index contributed by atoms with van der Waals surface area (Å²) in [6, 6.07) is 6.04. The fraction of sp³-hybridized carbons (Fsp3) is 0.333. The maximum absolute atomic E-state index is 12.4. The predicted molar refractivity (Wildman–Crippen MR) is 88.2 cm³/mol. The lowest BCUT2D eigenvalue weighted by Crippen LogP contribution is -2.32. The van der Waals surface area contributed by atoms with Crippen LogP contribution in [0.2, 0.25) is 0 Å². The van der Waals surface area contributed by atoms with E-state index in [0.29, 0.717) is 18.4 Å². The second-order valence-corrected chi connectivity index (χ2v) is 6.91. The minimum absolute atomic E-state index is 0.163. The van der Waals surface area contributed by atoms with Crippen molar-refractivity contribution in [2.45, 2.75) is 19.4 Å². The number of pyridine rings is 1. The van der Waals surface area contributed by atoms with Gasteiger partial charge in [0.1, 0.15) is 0 Å². The molecule has 112 valence electrons. The highest BCUT2D eigenvalue weighted by molar-refractivity contribution is 7.08. The van der Waals surface area contributed by atoms with Crippen LogP contribution in [0.25, 0.3) is 11.3 Å². The van der Waals surface area contributed by atoms with Gasteiger partial charge >= 0.3 is 0 Å². The molecule has 22 heavy (non-hydrogen) atoms. The van der Waals surface area contributed by atoms with Crippen LogP contribution in [0, 0.1) is 17.8 Å². The molecule has 2 aromatic heterocycles. The average Bonchev–Trinajstić information content (AvgIpc) is 3.29. The van der Waals surface area contributed by atoms with Crippen molar-refractivity contribution >= 4 is 17.2 Å². The van der Waals surface area contributed by atoms with Crippen molar-refractivity contribution < 1.29 is 4.79 Å². The number of thiophene rings is 1. The standard InChI is InChI=1S/C18H18N2OS/c21-18(16-9-12-3-4-13(16)8-12)20-10-14-2-1-6-19-17(14)15-5-7-22-11-15/h1-7,11-13,16H,8-10H2,(H,20,21). The number of aromatic nitrogens is 1. The van der Waals surface area contributed by atoms with E-state index in [1.165, 1.54) is 0 Å². The van der Waals surface area contributed by atoms with Gasteiger partial charge in [-0.25, -0.2) is 0 Å². The summed E-state index contributed by atoms with van der Waals surface area (Å²) >= 11 is 1.66. The van der Waals surface area contributed by atoms with E-state index in [4.69, 9.17) is 0 Å². The normalized spacial score (nSPS) is 25.5. The molecule has 0 saturated heterocycles. The minimum atomic E-state index is 0.163. The first kappa shape index (κ1) is 13.7. The Morgan fingerprint density at radius 1 is 1.32 bits per heavy atom. The van der Waals surface area contributed by atoms with Crippen LogP contribution in [0.3, 0.4) is 0 Å². The van der Waals surface area contributed by atoms with Crippen LogP contribution in [0.1, 0.15) is 18.4 Å². The molecule has 0 aromatic carbocycles. The number of fused-ring (bicyclic) bond motifs is 2. The summed E-state index contributed by atoms with van der Waals surface area (Å²) in [6.45, 7) is 0.551. The number of nitrogens with one attached hydrogen (secondary N) is 1. The van der Waals surface area contributed by atoms with Crippen molar-refractivity contribution in [2.75, 3.05) is 0 Å². The Morgan fingerprint density at radius 2 is 2.27 bits per heavy atom. The first-order valence-corrected chi connectivity index (χ1v) is 8.68. The first-order chi connectivity index (χ1) is 10.8. The Balaban J connectivity index is 1.46. The molecule has 0 radical (unpaired) electrons. The van der Waals surface area contributed by atoms with E-state index < -0.39 is 0 Å². The van der Waals surface area contributed by atoms with Crippen LogP contribution >= 0.6 is 11.3 Å². The Bertz CT molecular complexity index is 708. The molecule has 3 unspecified atom stereocenters. The summed E-state index contributed by atoms with van der Waals surface area (Å²) in [5, 5.41) is 7.26. The van der Waals surface area contributed by atoms with Gasteiger partial charge in [-0.3, -0.25) is 9.78 Å². The van der Waals surface area contributed by atoms with E-state index in [2.05, 4.69) is 33.9 Å². The smallest absolute Gasteiger partial charge is 0.223 e. The zero-order valence-electron chi connectivity index (χ0n) is 12.2. The van der Waals surface area contributed by atoms with Crippen LogP contribution in [0.15, 0.2) is 47.3 Å². The molecule has 1 N–H and O–H groups in total. The summed E-state index contributed by atoms with van der Waals surface area (Å²) in [5.41, 5.74) is 3.17. The molecule has 3 atom stereocenters. The molecule has 1 amide bonds. The molecule has 2 aliphatic carbocycles. The molecule has 0 aliphatic heterocycles. The average molecular weight is 310 g/mol. The third-order valence-corrected chi connectivity index (χ3v) is 5.44. The van der Waals surface area contributed by atoms with E-state index in [1.807, 2.05) is 17.5 Å². The molecule has 4 rings (SSSR count). The van der Waals surface area contributed by atoms with Gasteiger partial charge in [0.15, 0.2) is 0 Å². The molecule has 2 aromatic rings. The van der Waals surface area contributed by atoms with E-state index >= 15 is 0 Å². The zero-order valence-corrected chi connectivity index (χ0v) is 13.1. The molecular weight excluding hydrogens is 292 g/mol. The summed E-state index contributed by atoms with van der Waals surface area (Å²) in [4.78, 5) is 16.9. The maximum atomic E-state index is 12.4. The number of amides is 1. The molecule has 3 nitrogen and oxygen atoms in total. The number of carbonyl (C=O) groups excluding carboxylic acids is 1. The van der Waals surface area contributed by atoms with E-state index in [-0.39, 0.29) is 11.8 Å². The Hall–Kier alpha value is -1.94. The van der Waals surface area contributed by atoms with Crippen LogP contribution in [0.4, 0.5) is 0 Å². The summed E-state index contributed by atoms with van der Waals surface area (Å²) in [6.07, 6.45) is 8.46. The van der Waals surface area contributed by atoms with Crippen molar-refractivity contribution in [1.29, 1.82) is 0 Å². The largest absolute Gasteiger partial charge is 0.352 e. The number of rotatable bonds is 4. The number of allylic oxidation sites excluding steroid dienone is 2. The van der Waals surface area contributed by atoms with Gasteiger partial charge in [0, 0.05) is 29.6 Å². The summed E-state index contributed by atoms with van der Waals surface area (Å²) in [5.74, 6) is 1.43. The number of carbonyl (C=O) groups is 1. The first-order valence-electron chi connectivity index (χ1n) is 7.74. The summed E-state index contributed by atoms with van der Waals surface area (Å²) < 4.78 is 0. The zero-order chi connectivity index (χ0) is 14.9. The predicted octanol–water partition coefficient (Wildman–Crippen LogP) is 3.64. The van der Waals surface area contributed by atoms with Gasteiger partial charge in [0.05, 0.1) is 5.69 Å². The van der Waals surface area contributed by atoms with Gasteiger partial charge in [-0.1, -0.05) is 18.2 Å². The van der Waals surface area contributed by atoms with Gasteiger partial charge in [-0.2, -0.15) is 11.3 Å². The van der Waals surface area contributed by atoms with Crippen molar-refractivity contribution in [1.82, 2.24) is 10.3 Å². The molecule has 0 spiro atoms. The number of nitrogens with zero attached hydrogens (tertiary/aromatic N) is 1.